The number of anilines is 1. The molecule has 0 amide bonds. The molecule has 4 aromatic rings. The molecule has 2 aromatic carbocycles. The molecule has 0 unspecified atom stereocenters. The maximum Gasteiger partial charge on any atom is 0.279 e. The Labute approximate surface area is 163 Å². The van der Waals surface area contributed by atoms with Crippen LogP contribution < -0.4 is 15.9 Å². The number of para-hydroxylation sites is 1. The fourth-order valence-electron chi connectivity index (χ4n) is 3.53. The summed E-state index contributed by atoms with van der Waals surface area (Å²) in [7, 11) is 1.92. The lowest BCUT2D eigenvalue weighted by Gasteiger charge is -2.14. The van der Waals surface area contributed by atoms with Crippen LogP contribution in [0.5, 0.6) is 0 Å². The van der Waals surface area contributed by atoms with Gasteiger partial charge in [0.15, 0.2) is 6.04 Å². The molecule has 0 fully saturated rings. The van der Waals surface area contributed by atoms with Gasteiger partial charge in [0.1, 0.15) is 0 Å². The van der Waals surface area contributed by atoms with Crippen LogP contribution in [-0.4, -0.2) is 9.36 Å². The highest BCUT2D eigenvalue weighted by Gasteiger charge is 2.28. The van der Waals surface area contributed by atoms with Crippen LogP contribution in [0.15, 0.2) is 89.9 Å². The van der Waals surface area contributed by atoms with Crippen LogP contribution in [-0.2, 0) is 7.05 Å². The molecule has 0 spiro atoms. The molecule has 1 atom stereocenters. The van der Waals surface area contributed by atoms with E-state index in [-0.39, 0.29) is 11.6 Å². The Morgan fingerprint density at radius 2 is 1.54 bits per heavy atom. The number of aromatic nitrogens is 3. The van der Waals surface area contributed by atoms with E-state index in [1.807, 2.05) is 104 Å². The van der Waals surface area contributed by atoms with Gasteiger partial charge in [0.05, 0.1) is 17.4 Å². The quantitative estimate of drug-likeness (QED) is 0.584. The second-order valence-corrected chi connectivity index (χ2v) is 6.74. The number of hydrogen-bond donors (Lipinski definition) is 1. The molecule has 0 radical (unpaired) electrons. The van der Waals surface area contributed by atoms with Crippen molar-refractivity contribution in [1.82, 2.24) is 9.36 Å². The summed E-state index contributed by atoms with van der Waals surface area (Å²) in [6.07, 6.45) is 1.87. The second-order valence-electron chi connectivity index (χ2n) is 6.74. The van der Waals surface area contributed by atoms with E-state index in [0.29, 0.717) is 0 Å². The standard InChI is InChI=1S/C23H22N4O/c1-17-21(23(28)27(26(17)2)19-13-7-4-8-14-19)22(18-11-5-3-6-12-18)25-20-15-9-10-16-24-20/h3-16,22H,1-2H3,(H,24,25)/p+1/t22-/m1/s1. The van der Waals surface area contributed by atoms with Crippen LogP contribution in [0, 0.1) is 6.92 Å². The Hall–Kier alpha value is -3.60. The van der Waals surface area contributed by atoms with Crippen molar-refractivity contribution in [3.05, 3.63) is 112 Å². The van der Waals surface area contributed by atoms with Gasteiger partial charge in [-0.2, -0.15) is 0 Å². The van der Waals surface area contributed by atoms with E-state index < -0.39 is 0 Å². The predicted molar refractivity (Wildman–Crippen MR) is 111 cm³/mol. The van der Waals surface area contributed by atoms with E-state index in [4.69, 9.17) is 0 Å². The van der Waals surface area contributed by atoms with Gasteiger partial charge >= 0.3 is 0 Å². The van der Waals surface area contributed by atoms with Gasteiger partial charge in [0.2, 0.25) is 0 Å². The highest BCUT2D eigenvalue weighted by molar-refractivity contribution is 5.44. The first kappa shape index (κ1) is 17.8. The van der Waals surface area contributed by atoms with E-state index in [9.17, 15) is 4.79 Å². The Morgan fingerprint density at radius 3 is 2.18 bits per heavy atom. The molecule has 0 saturated heterocycles. The molecule has 0 aliphatic rings. The van der Waals surface area contributed by atoms with E-state index in [1.165, 1.54) is 0 Å². The van der Waals surface area contributed by atoms with E-state index in [0.717, 1.165) is 28.3 Å². The third-order valence-electron chi connectivity index (χ3n) is 5.03. The fraction of sp³-hybridized carbons (Fsp3) is 0.130. The molecule has 4 rings (SSSR count). The summed E-state index contributed by atoms with van der Waals surface area (Å²) in [5, 5.41) is 3.50. The minimum absolute atomic E-state index is 0.0246. The van der Waals surface area contributed by atoms with Crippen molar-refractivity contribution in [2.75, 3.05) is 5.32 Å². The highest BCUT2D eigenvalue weighted by Crippen LogP contribution is 2.26. The largest absolute Gasteiger partial charge is 0.285 e. The van der Waals surface area contributed by atoms with Crippen molar-refractivity contribution in [3.8, 4) is 5.69 Å². The summed E-state index contributed by atoms with van der Waals surface area (Å²) in [5.74, 6) is 0.852. The average Bonchev–Trinajstić information content (AvgIpc) is 2.97. The summed E-state index contributed by atoms with van der Waals surface area (Å²) in [6.45, 7) is 1.99. The number of nitrogens with one attached hydrogen (secondary N) is 2. The van der Waals surface area contributed by atoms with Crippen molar-refractivity contribution in [3.63, 3.8) is 0 Å². The normalized spacial score (nSPS) is 11.9. The summed E-state index contributed by atoms with van der Waals surface area (Å²) in [6, 6.07) is 25.3. The Bertz CT molecular complexity index is 1120. The van der Waals surface area contributed by atoms with Crippen LogP contribution >= 0.6 is 0 Å². The van der Waals surface area contributed by atoms with Gasteiger partial charge in [-0.05, 0) is 25.1 Å². The number of aromatic amines is 1. The Morgan fingerprint density at radius 1 is 0.893 bits per heavy atom. The summed E-state index contributed by atoms with van der Waals surface area (Å²) in [4.78, 5) is 16.7. The number of rotatable bonds is 5. The molecule has 5 heteroatoms. The number of hydrogen-bond acceptors (Lipinski definition) is 2. The number of pyridine rings is 1. The summed E-state index contributed by atoms with van der Waals surface area (Å²) < 4.78 is 3.64. The zero-order valence-electron chi connectivity index (χ0n) is 16.0. The van der Waals surface area contributed by atoms with Crippen molar-refractivity contribution in [1.29, 1.82) is 0 Å². The van der Waals surface area contributed by atoms with E-state index in [1.54, 1.807) is 4.68 Å². The van der Waals surface area contributed by atoms with Crippen LogP contribution in [0.2, 0.25) is 0 Å². The zero-order valence-corrected chi connectivity index (χ0v) is 16.0. The summed E-state index contributed by atoms with van der Waals surface area (Å²) in [5.41, 5.74) is 3.51. The Balaban J connectivity index is 1.89. The van der Waals surface area contributed by atoms with Gasteiger partial charge in [-0.3, -0.25) is 14.8 Å². The minimum Gasteiger partial charge on any atom is -0.285 e. The molecule has 0 bridgehead atoms. The number of H-pyrrole nitrogens is 1. The molecule has 0 aliphatic heterocycles. The highest BCUT2D eigenvalue weighted by atomic mass is 16.1. The van der Waals surface area contributed by atoms with Crippen molar-refractivity contribution < 1.29 is 4.98 Å². The third kappa shape index (κ3) is 3.22. The predicted octanol–water partition coefficient (Wildman–Crippen LogP) is 3.50. The van der Waals surface area contributed by atoms with Gasteiger partial charge in [-0.15, -0.1) is 0 Å². The van der Waals surface area contributed by atoms with Crippen LogP contribution in [0.4, 0.5) is 5.82 Å². The molecule has 0 aliphatic carbocycles. The lowest BCUT2D eigenvalue weighted by molar-refractivity contribution is -0.361. The SMILES string of the molecule is Cc1c([C@H](Nc2cccc[nH+]2)c2ccccc2)c(=O)n(-c2ccccc2)n1C. The molecule has 28 heavy (non-hydrogen) atoms. The average molecular weight is 371 g/mol. The maximum absolute atomic E-state index is 13.5. The monoisotopic (exact) mass is 371 g/mol. The van der Waals surface area contributed by atoms with Gasteiger partial charge in [-0.25, -0.2) is 9.67 Å². The van der Waals surface area contributed by atoms with Crippen LogP contribution in [0.1, 0.15) is 22.9 Å². The second kappa shape index (κ2) is 7.56. The van der Waals surface area contributed by atoms with E-state index >= 15 is 0 Å². The van der Waals surface area contributed by atoms with Crippen molar-refractivity contribution >= 4 is 5.82 Å². The van der Waals surface area contributed by atoms with Crippen molar-refractivity contribution in [2.24, 2.45) is 7.05 Å². The minimum atomic E-state index is -0.275. The van der Waals surface area contributed by atoms with Gasteiger partial charge in [-0.1, -0.05) is 54.6 Å². The molecule has 2 aromatic heterocycles. The van der Waals surface area contributed by atoms with Gasteiger partial charge < -0.3 is 0 Å². The molecular weight excluding hydrogens is 348 g/mol. The molecule has 5 nitrogen and oxygen atoms in total. The number of nitrogens with zero attached hydrogens (tertiary/aromatic N) is 2. The third-order valence-corrected chi connectivity index (χ3v) is 5.03. The lowest BCUT2D eigenvalue weighted by Crippen LogP contribution is -2.26. The van der Waals surface area contributed by atoms with Gasteiger partial charge in [0, 0.05) is 24.4 Å². The maximum atomic E-state index is 13.5. The first-order chi connectivity index (χ1) is 13.7. The first-order valence-electron chi connectivity index (χ1n) is 9.29. The summed E-state index contributed by atoms with van der Waals surface area (Å²) >= 11 is 0. The molecule has 140 valence electrons. The number of benzene rings is 2. The molecule has 2 heterocycles. The molecular formula is C23H23N4O+. The first-order valence-corrected chi connectivity index (χ1v) is 9.29. The molecule has 0 saturated carbocycles. The fourth-order valence-corrected chi connectivity index (χ4v) is 3.53. The molecule has 2 N–H and O–H groups in total. The van der Waals surface area contributed by atoms with Crippen LogP contribution in [0.3, 0.4) is 0 Å². The lowest BCUT2D eigenvalue weighted by atomic mass is 9.99. The van der Waals surface area contributed by atoms with E-state index in [2.05, 4.69) is 10.3 Å². The van der Waals surface area contributed by atoms with Crippen molar-refractivity contribution in [2.45, 2.75) is 13.0 Å². The van der Waals surface area contributed by atoms with Crippen LogP contribution in [0.25, 0.3) is 5.69 Å². The zero-order chi connectivity index (χ0) is 19.5. The van der Waals surface area contributed by atoms with Gasteiger partial charge in [0.25, 0.3) is 11.4 Å². The Kier molecular flexibility index (Phi) is 4.81. The topological polar surface area (TPSA) is 53.1 Å². The smallest absolute Gasteiger partial charge is 0.279 e.